The first-order valence-electron chi connectivity index (χ1n) is 5.21. The molecule has 0 saturated carbocycles. The summed E-state index contributed by atoms with van der Waals surface area (Å²) in [6.45, 7) is 5.87. The molecule has 0 spiro atoms. The molecule has 0 fully saturated rings. The molecule has 0 atom stereocenters. The van der Waals surface area contributed by atoms with E-state index in [0.717, 1.165) is 25.8 Å². The minimum atomic E-state index is -0.505. The Morgan fingerprint density at radius 2 is 2.18 bits per heavy atom. The molecule has 17 heavy (non-hydrogen) atoms. The number of fused-ring (bicyclic) bond motifs is 1. The second-order valence-corrected chi connectivity index (χ2v) is 6.42. The molecule has 2 aromatic rings. The van der Waals surface area contributed by atoms with Crippen molar-refractivity contribution in [2.24, 2.45) is 0 Å². The van der Waals surface area contributed by atoms with E-state index < -0.39 is 5.41 Å². The Morgan fingerprint density at radius 1 is 1.47 bits per heavy atom. The van der Waals surface area contributed by atoms with Crippen LogP contribution in [0.1, 0.15) is 25.0 Å². The molecule has 88 valence electrons. The van der Waals surface area contributed by atoms with Crippen molar-refractivity contribution in [3.05, 3.63) is 17.3 Å². The minimum Gasteiger partial charge on any atom is -0.235 e. The van der Waals surface area contributed by atoms with Crippen LogP contribution in [0.2, 0.25) is 0 Å². The zero-order chi connectivity index (χ0) is 12.6. The summed E-state index contributed by atoms with van der Waals surface area (Å²) in [5.41, 5.74) is 2.40. The monoisotopic (exact) mass is 263 g/mol. The van der Waals surface area contributed by atoms with Crippen molar-refractivity contribution in [3.8, 4) is 6.07 Å². The highest BCUT2D eigenvalue weighted by Gasteiger charge is 2.24. The average molecular weight is 263 g/mol. The summed E-state index contributed by atoms with van der Waals surface area (Å²) in [6, 6.07) is 2.32. The van der Waals surface area contributed by atoms with Gasteiger partial charge in [-0.25, -0.2) is 9.97 Å². The van der Waals surface area contributed by atoms with Crippen molar-refractivity contribution in [2.75, 3.05) is 6.26 Å². The number of nitrogens with zero attached hydrogens (tertiary/aromatic N) is 3. The topological polar surface area (TPSA) is 49.6 Å². The fourth-order valence-corrected chi connectivity index (χ4v) is 3.27. The summed E-state index contributed by atoms with van der Waals surface area (Å²) in [4.78, 5) is 8.79. The summed E-state index contributed by atoms with van der Waals surface area (Å²) >= 11 is 3.27. The molecule has 0 aromatic carbocycles. The molecule has 3 nitrogen and oxygen atoms in total. The predicted molar refractivity (Wildman–Crippen MR) is 72.6 cm³/mol. The van der Waals surface area contributed by atoms with Crippen LogP contribution >= 0.6 is 23.1 Å². The first-order chi connectivity index (χ1) is 7.99. The third kappa shape index (κ3) is 2.03. The van der Waals surface area contributed by atoms with Crippen LogP contribution in [0.5, 0.6) is 0 Å². The fourth-order valence-electron chi connectivity index (χ4n) is 1.75. The van der Waals surface area contributed by atoms with Gasteiger partial charge in [-0.15, -0.1) is 11.3 Å². The number of thioether (sulfide) groups is 1. The van der Waals surface area contributed by atoms with Crippen LogP contribution in [0, 0.1) is 18.3 Å². The summed E-state index contributed by atoms with van der Waals surface area (Å²) in [7, 11) is 0. The van der Waals surface area contributed by atoms with Gasteiger partial charge in [-0.05, 0) is 38.2 Å². The van der Waals surface area contributed by atoms with Crippen LogP contribution in [0.3, 0.4) is 0 Å². The quantitative estimate of drug-likeness (QED) is 0.778. The van der Waals surface area contributed by atoms with E-state index in [4.69, 9.17) is 0 Å². The smallest absolute Gasteiger partial charge is 0.171 e. The van der Waals surface area contributed by atoms with Gasteiger partial charge in [0.15, 0.2) is 9.99 Å². The minimum absolute atomic E-state index is 0.505. The Labute approximate surface area is 109 Å². The van der Waals surface area contributed by atoms with Crippen molar-refractivity contribution >= 4 is 33.4 Å². The molecule has 0 saturated heterocycles. The van der Waals surface area contributed by atoms with Crippen LogP contribution in [0.4, 0.5) is 0 Å². The molecule has 2 heterocycles. The Bertz CT molecular complexity index is 608. The van der Waals surface area contributed by atoms with Gasteiger partial charge in [0.1, 0.15) is 0 Å². The first-order valence-corrected chi connectivity index (χ1v) is 7.25. The Morgan fingerprint density at radius 3 is 2.76 bits per heavy atom. The van der Waals surface area contributed by atoms with Crippen LogP contribution < -0.4 is 0 Å². The SMILES string of the molecule is CSc1nc2ncc(C(C)(C)C#N)c(C)c2s1. The van der Waals surface area contributed by atoms with Crippen LogP contribution in [0.15, 0.2) is 10.5 Å². The van der Waals surface area contributed by atoms with Crippen molar-refractivity contribution in [1.29, 1.82) is 5.26 Å². The molecule has 2 aromatic heterocycles. The Kier molecular flexibility index (Phi) is 3.11. The summed E-state index contributed by atoms with van der Waals surface area (Å²) < 4.78 is 2.11. The van der Waals surface area contributed by atoms with Gasteiger partial charge < -0.3 is 0 Å². The standard InChI is InChI=1S/C12H13N3S2/c1-7-8(12(2,3)6-13)5-14-10-9(7)17-11(15-10)16-4/h5H,1-4H3. The maximum absolute atomic E-state index is 9.20. The molecule has 0 aliphatic heterocycles. The third-order valence-electron chi connectivity index (χ3n) is 2.78. The van der Waals surface area contributed by atoms with Gasteiger partial charge in [0.05, 0.1) is 16.2 Å². The van der Waals surface area contributed by atoms with Gasteiger partial charge >= 0.3 is 0 Å². The van der Waals surface area contributed by atoms with Gasteiger partial charge in [0.2, 0.25) is 0 Å². The van der Waals surface area contributed by atoms with E-state index in [1.54, 1.807) is 29.3 Å². The zero-order valence-electron chi connectivity index (χ0n) is 10.2. The number of nitriles is 1. The van der Waals surface area contributed by atoms with E-state index in [2.05, 4.69) is 16.0 Å². The van der Waals surface area contributed by atoms with Crippen LogP contribution in [-0.2, 0) is 5.41 Å². The van der Waals surface area contributed by atoms with Crippen LogP contribution in [0.25, 0.3) is 10.3 Å². The molecular formula is C12H13N3S2. The van der Waals surface area contributed by atoms with Crippen LogP contribution in [-0.4, -0.2) is 16.2 Å². The summed E-state index contributed by atoms with van der Waals surface area (Å²) in [5, 5.41) is 9.20. The van der Waals surface area contributed by atoms with E-state index in [-0.39, 0.29) is 0 Å². The normalized spacial score (nSPS) is 11.7. The average Bonchev–Trinajstić information content (AvgIpc) is 2.73. The fraction of sp³-hybridized carbons (Fsp3) is 0.417. The molecule has 0 aliphatic rings. The Hall–Kier alpha value is -1.12. The number of thiazole rings is 1. The number of aryl methyl sites for hydroxylation is 1. The lowest BCUT2D eigenvalue weighted by molar-refractivity contribution is 0.679. The van der Waals surface area contributed by atoms with E-state index in [1.807, 2.05) is 27.0 Å². The van der Waals surface area contributed by atoms with E-state index in [1.165, 1.54) is 0 Å². The lowest BCUT2D eigenvalue weighted by Crippen LogP contribution is -2.16. The van der Waals surface area contributed by atoms with Gasteiger partial charge in [-0.3, -0.25) is 0 Å². The molecule has 0 unspecified atom stereocenters. The molecule has 5 heteroatoms. The molecular weight excluding hydrogens is 250 g/mol. The second-order valence-electron chi connectivity index (χ2n) is 4.37. The number of aromatic nitrogens is 2. The number of hydrogen-bond acceptors (Lipinski definition) is 5. The van der Waals surface area contributed by atoms with Gasteiger partial charge in [-0.1, -0.05) is 11.8 Å². The van der Waals surface area contributed by atoms with Crippen molar-refractivity contribution in [2.45, 2.75) is 30.5 Å². The van der Waals surface area contributed by atoms with Crippen molar-refractivity contribution < 1.29 is 0 Å². The largest absolute Gasteiger partial charge is 0.235 e. The summed E-state index contributed by atoms with van der Waals surface area (Å²) in [5.74, 6) is 0. The lowest BCUT2D eigenvalue weighted by Gasteiger charge is -2.17. The molecule has 0 aliphatic carbocycles. The zero-order valence-corrected chi connectivity index (χ0v) is 11.9. The molecule has 2 rings (SSSR count). The van der Waals surface area contributed by atoms with E-state index >= 15 is 0 Å². The lowest BCUT2D eigenvalue weighted by atomic mass is 9.85. The Balaban J connectivity index is 2.70. The highest BCUT2D eigenvalue weighted by molar-refractivity contribution is 8.00. The molecule has 0 radical (unpaired) electrons. The van der Waals surface area contributed by atoms with E-state index in [0.29, 0.717) is 0 Å². The van der Waals surface area contributed by atoms with Gasteiger partial charge in [0, 0.05) is 6.20 Å². The van der Waals surface area contributed by atoms with E-state index in [9.17, 15) is 5.26 Å². The van der Waals surface area contributed by atoms with Crippen molar-refractivity contribution in [1.82, 2.24) is 9.97 Å². The van der Waals surface area contributed by atoms with Gasteiger partial charge in [-0.2, -0.15) is 5.26 Å². The molecule has 0 amide bonds. The summed E-state index contributed by atoms with van der Waals surface area (Å²) in [6.07, 6.45) is 3.79. The van der Waals surface area contributed by atoms with Gasteiger partial charge in [0.25, 0.3) is 0 Å². The molecule has 0 bridgehead atoms. The number of hydrogen-bond donors (Lipinski definition) is 0. The first kappa shape index (κ1) is 12.3. The van der Waals surface area contributed by atoms with Crippen molar-refractivity contribution in [3.63, 3.8) is 0 Å². The maximum atomic E-state index is 9.20. The highest BCUT2D eigenvalue weighted by atomic mass is 32.2. The maximum Gasteiger partial charge on any atom is 0.171 e. The second kappa shape index (κ2) is 4.28. The highest BCUT2D eigenvalue weighted by Crippen LogP contribution is 2.34. The molecule has 0 N–H and O–H groups in total. The third-order valence-corrected chi connectivity index (χ3v) is 4.93. The number of pyridine rings is 1. The number of rotatable bonds is 2. The predicted octanol–water partition coefficient (Wildman–Crippen LogP) is 3.52.